The van der Waals surface area contributed by atoms with E-state index in [4.69, 9.17) is 4.74 Å². The molecule has 7 nitrogen and oxygen atoms in total. The molecule has 1 rings (SSSR count). The highest BCUT2D eigenvalue weighted by molar-refractivity contribution is 5.71. The van der Waals surface area contributed by atoms with Gasteiger partial charge in [0.05, 0.1) is 5.92 Å². The van der Waals surface area contributed by atoms with Crippen LogP contribution < -0.4 is 0 Å². The maximum absolute atomic E-state index is 11.3. The van der Waals surface area contributed by atoms with E-state index in [0.29, 0.717) is 0 Å². The van der Waals surface area contributed by atoms with Crippen LogP contribution in [0.4, 0.5) is 5.82 Å². The minimum atomic E-state index is -0.604. The minimum Gasteiger partial charge on any atom is -0.441 e. The normalized spacial score (nSPS) is 12.5. The minimum absolute atomic E-state index is 0.235. The molecule has 0 N–H and O–H groups in total. The molecular formula is C9H13N3O4. The Morgan fingerprint density at radius 3 is 2.62 bits per heavy atom. The predicted octanol–water partition coefficient (Wildman–Crippen LogP) is 1.51. The standard InChI is InChI=1S/C9H13N3O4/c1-6(2)9(13)16-7(3)11-4-8(10-5-11)12(14)15/h4-7H,1-3H3. The van der Waals surface area contributed by atoms with Crippen LogP contribution in [0, 0.1) is 16.0 Å². The van der Waals surface area contributed by atoms with Gasteiger partial charge in [0.1, 0.15) is 6.20 Å². The van der Waals surface area contributed by atoms with Crippen molar-refractivity contribution in [3.8, 4) is 0 Å². The Balaban J connectivity index is 2.69. The van der Waals surface area contributed by atoms with Crippen molar-refractivity contribution in [1.29, 1.82) is 0 Å². The van der Waals surface area contributed by atoms with Crippen LogP contribution >= 0.6 is 0 Å². The second-order valence-electron chi connectivity index (χ2n) is 3.63. The predicted molar refractivity (Wildman–Crippen MR) is 54.5 cm³/mol. The van der Waals surface area contributed by atoms with Gasteiger partial charge >= 0.3 is 11.8 Å². The average Bonchev–Trinajstić information content (AvgIpc) is 2.65. The van der Waals surface area contributed by atoms with Crippen molar-refractivity contribution in [2.24, 2.45) is 5.92 Å². The molecule has 1 unspecified atom stereocenters. The molecular weight excluding hydrogens is 214 g/mol. The average molecular weight is 227 g/mol. The number of nitro groups is 1. The molecule has 1 heterocycles. The molecule has 0 bridgehead atoms. The summed E-state index contributed by atoms with van der Waals surface area (Å²) in [6.07, 6.45) is 1.88. The number of carbonyl (C=O) groups excluding carboxylic acids is 1. The lowest BCUT2D eigenvalue weighted by Gasteiger charge is -2.14. The van der Waals surface area contributed by atoms with E-state index in [9.17, 15) is 14.9 Å². The van der Waals surface area contributed by atoms with E-state index in [1.165, 1.54) is 17.1 Å². The Bertz CT molecular complexity index is 399. The Labute approximate surface area is 92.2 Å². The molecule has 0 aliphatic heterocycles. The van der Waals surface area contributed by atoms with E-state index in [1.807, 2.05) is 0 Å². The third-order valence-corrected chi connectivity index (χ3v) is 1.95. The summed E-state index contributed by atoms with van der Waals surface area (Å²) in [4.78, 5) is 24.6. The lowest BCUT2D eigenvalue weighted by atomic mass is 10.2. The van der Waals surface area contributed by atoms with Crippen molar-refractivity contribution in [1.82, 2.24) is 9.55 Å². The molecule has 0 aromatic carbocycles. The van der Waals surface area contributed by atoms with Gasteiger partial charge in [0, 0.05) is 0 Å². The zero-order chi connectivity index (χ0) is 12.3. The molecule has 0 aliphatic rings. The van der Waals surface area contributed by atoms with Crippen LogP contribution in [-0.4, -0.2) is 20.4 Å². The van der Waals surface area contributed by atoms with E-state index in [-0.39, 0.29) is 17.7 Å². The van der Waals surface area contributed by atoms with Crippen LogP contribution in [0.2, 0.25) is 0 Å². The van der Waals surface area contributed by atoms with Crippen molar-refractivity contribution in [2.75, 3.05) is 0 Å². The Morgan fingerprint density at radius 1 is 1.56 bits per heavy atom. The molecule has 7 heteroatoms. The van der Waals surface area contributed by atoms with Gasteiger partial charge in [0.15, 0.2) is 6.23 Å². The Hall–Kier alpha value is -1.92. The first-order chi connectivity index (χ1) is 7.41. The molecule has 0 aliphatic carbocycles. The smallest absolute Gasteiger partial charge is 0.381 e. The highest BCUT2D eigenvalue weighted by Gasteiger charge is 2.18. The largest absolute Gasteiger partial charge is 0.441 e. The van der Waals surface area contributed by atoms with Crippen molar-refractivity contribution >= 4 is 11.8 Å². The zero-order valence-corrected chi connectivity index (χ0v) is 9.28. The molecule has 0 saturated heterocycles. The molecule has 0 radical (unpaired) electrons. The Morgan fingerprint density at radius 2 is 2.19 bits per heavy atom. The molecule has 0 spiro atoms. The number of hydrogen-bond donors (Lipinski definition) is 0. The maximum atomic E-state index is 11.3. The van der Waals surface area contributed by atoms with Gasteiger partial charge in [-0.2, -0.15) is 0 Å². The van der Waals surface area contributed by atoms with E-state index in [1.54, 1.807) is 20.8 Å². The molecule has 0 amide bonds. The van der Waals surface area contributed by atoms with Crippen LogP contribution in [0.3, 0.4) is 0 Å². The number of nitrogens with zero attached hydrogens (tertiary/aromatic N) is 3. The van der Waals surface area contributed by atoms with Gasteiger partial charge < -0.3 is 14.9 Å². The number of rotatable bonds is 4. The number of ether oxygens (including phenoxy) is 1. The Kier molecular flexibility index (Phi) is 3.60. The first-order valence-corrected chi connectivity index (χ1v) is 4.80. The fourth-order valence-electron chi connectivity index (χ4n) is 0.984. The van der Waals surface area contributed by atoms with Gasteiger partial charge in [-0.05, 0) is 16.8 Å². The van der Waals surface area contributed by atoms with Crippen LogP contribution in [-0.2, 0) is 9.53 Å². The van der Waals surface area contributed by atoms with Crippen molar-refractivity contribution < 1.29 is 14.5 Å². The molecule has 16 heavy (non-hydrogen) atoms. The fraction of sp³-hybridized carbons (Fsp3) is 0.556. The lowest BCUT2D eigenvalue weighted by Crippen LogP contribution is -2.17. The van der Waals surface area contributed by atoms with E-state index in [0.717, 1.165) is 0 Å². The van der Waals surface area contributed by atoms with Gasteiger partial charge in [-0.25, -0.2) is 0 Å². The fourth-order valence-corrected chi connectivity index (χ4v) is 0.984. The molecule has 1 atom stereocenters. The summed E-state index contributed by atoms with van der Waals surface area (Å²) in [6, 6.07) is 0. The van der Waals surface area contributed by atoms with Crippen LogP contribution in [0.1, 0.15) is 27.0 Å². The number of aromatic nitrogens is 2. The van der Waals surface area contributed by atoms with E-state index >= 15 is 0 Å². The summed E-state index contributed by atoms with van der Waals surface area (Å²) in [5.74, 6) is -0.864. The highest BCUT2D eigenvalue weighted by Crippen LogP contribution is 2.14. The van der Waals surface area contributed by atoms with Crippen molar-refractivity contribution in [3.63, 3.8) is 0 Å². The van der Waals surface area contributed by atoms with Gasteiger partial charge in [-0.1, -0.05) is 13.8 Å². The first-order valence-electron chi connectivity index (χ1n) is 4.80. The summed E-state index contributed by atoms with van der Waals surface area (Å²) in [7, 11) is 0. The number of carbonyl (C=O) groups is 1. The molecule has 1 aromatic heterocycles. The third kappa shape index (κ3) is 2.78. The molecule has 0 saturated carbocycles. The monoisotopic (exact) mass is 227 g/mol. The number of imidazole rings is 1. The van der Waals surface area contributed by atoms with Crippen LogP contribution in [0.15, 0.2) is 12.5 Å². The van der Waals surface area contributed by atoms with Gasteiger partial charge in [-0.15, -0.1) is 0 Å². The lowest BCUT2D eigenvalue weighted by molar-refractivity contribution is -0.389. The van der Waals surface area contributed by atoms with Crippen molar-refractivity contribution in [2.45, 2.75) is 27.0 Å². The van der Waals surface area contributed by atoms with Crippen molar-refractivity contribution in [3.05, 3.63) is 22.6 Å². The zero-order valence-electron chi connectivity index (χ0n) is 9.28. The molecule has 0 fully saturated rings. The summed E-state index contributed by atoms with van der Waals surface area (Å²) >= 11 is 0. The van der Waals surface area contributed by atoms with Crippen LogP contribution in [0.5, 0.6) is 0 Å². The van der Waals surface area contributed by atoms with Gasteiger partial charge in [-0.3, -0.25) is 9.36 Å². The van der Waals surface area contributed by atoms with Crippen LogP contribution in [0.25, 0.3) is 0 Å². The van der Waals surface area contributed by atoms with E-state index < -0.39 is 11.2 Å². The quantitative estimate of drug-likeness (QED) is 0.442. The molecule has 1 aromatic rings. The number of esters is 1. The first kappa shape index (κ1) is 12.2. The summed E-state index contributed by atoms with van der Waals surface area (Å²) in [6.45, 7) is 5.04. The SMILES string of the molecule is CC(C)C(=O)OC(C)n1cnc([N+](=O)[O-])c1. The summed E-state index contributed by atoms with van der Waals surface area (Å²) < 4.78 is 6.43. The summed E-state index contributed by atoms with van der Waals surface area (Å²) in [5.41, 5.74) is 0. The highest BCUT2D eigenvalue weighted by atomic mass is 16.6. The maximum Gasteiger partial charge on any atom is 0.381 e. The molecule has 88 valence electrons. The van der Waals surface area contributed by atoms with E-state index in [2.05, 4.69) is 4.98 Å². The second-order valence-corrected chi connectivity index (χ2v) is 3.63. The van der Waals surface area contributed by atoms with Gasteiger partial charge in [0.2, 0.25) is 6.33 Å². The third-order valence-electron chi connectivity index (χ3n) is 1.95. The topological polar surface area (TPSA) is 87.3 Å². The second kappa shape index (κ2) is 4.73. The summed E-state index contributed by atoms with van der Waals surface area (Å²) in [5, 5.41) is 10.4. The van der Waals surface area contributed by atoms with Gasteiger partial charge in [0.25, 0.3) is 0 Å². The number of hydrogen-bond acceptors (Lipinski definition) is 5.